The Kier molecular flexibility index (Phi) is 5.79. The van der Waals surface area contributed by atoms with Crippen molar-refractivity contribution in [3.8, 4) is 0 Å². The Bertz CT molecular complexity index is 839. The molecule has 0 radical (unpaired) electrons. The zero-order valence-corrected chi connectivity index (χ0v) is 15.9. The van der Waals surface area contributed by atoms with Crippen LogP contribution in [-0.4, -0.2) is 32.4 Å². The molecule has 4 nitrogen and oxygen atoms in total. The molecule has 0 saturated heterocycles. The molecule has 1 aliphatic heterocycles. The summed E-state index contributed by atoms with van der Waals surface area (Å²) < 4.78 is 27.6. The third kappa shape index (κ3) is 5.28. The van der Waals surface area contributed by atoms with E-state index in [1.165, 1.54) is 11.1 Å². The maximum atomic E-state index is 12.4. The Labute approximate surface area is 154 Å². The fourth-order valence-electron chi connectivity index (χ4n) is 3.33. The van der Waals surface area contributed by atoms with Crippen LogP contribution in [0.2, 0.25) is 5.02 Å². The molecule has 1 N–H and O–H groups in total. The molecule has 1 aliphatic rings. The number of sulfonamides is 1. The van der Waals surface area contributed by atoms with Crippen LogP contribution in [0.15, 0.2) is 48.5 Å². The number of rotatable bonds is 6. The minimum Gasteiger partial charge on any atom is -0.297 e. The van der Waals surface area contributed by atoms with E-state index in [2.05, 4.69) is 33.9 Å². The normalized spacial score (nSPS) is 16.4. The highest BCUT2D eigenvalue weighted by atomic mass is 35.5. The lowest BCUT2D eigenvalue weighted by atomic mass is 10.00. The molecule has 0 unspecified atom stereocenters. The number of hydrogen-bond donors (Lipinski definition) is 1. The summed E-state index contributed by atoms with van der Waals surface area (Å²) in [6.07, 6.45) is 1.01. The van der Waals surface area contributed by atoms with Crippen molar-refractivity contribution in [1.82, 2.24) is 9.62 Å². The summed E-state index contributed by atoms with van der Waals surface area (Å²) in [5, 5.41) is 0.549. The van der Waals surface area contributed by atoms with Crippen molar-refractivity contribution in [1.29, 1.82) is 0 Å². The highest BCUT2D eigenvalue weighted by molar-refractivity contribution is 7.88. The summed E-state index contributed by atoms with van der Waals surface area (Å²) in [5.74, 6) is -0.0548. The topological polar surface area (TPSA) is 49.4 Å². The van der Waals surface area contributed by atoms with E-state index < -0.39 is 10.0 Å². The first-order chi connectivity index (χ1) is 11.9. The van der Waals surface area contributed by atoms with Gasteiger partial charge in [0.15, 0.2) is 0 Å². The number of nitrogens with one attached hydrogen (secondary N) is 1. The van der Waals surface area contributed by atoms with Gasteiger partial charge in [0.1, 0.15) is 0 Å². The van der Waals surface area contributed by atoms with E-state index in [-0.39, 0.29) is 11.8 Å². The number of fused-ring (bicyclic) bond motifs is 1. The average molecular weight is 379 g/mol. The van der Waals surface area contributed by atoms with Gasteiger partial charge in [-0.15, -0.1) is 0 Å². The van der Waals surface area contributed by atoms with Gasteiger partial charge in [-0.05, 0) is 42.2 Å². The first-order valence-corrected chi connectivity index (χ1v) is 10.5. The van der Waals surface area contributed by atoms with Gasteiger partial charge in [0.2, 0.25) is 10.0 Å². The van der Waals surface area contributed by atoms with Crippen LogP contribution in [0.4, 0.5) is 0 Å². The second kappa shape index (κ2) is 7.87. The standard InChI is InChI=1S/C19H23ClN2O2S/c1-15(12-22-10-9-17-6-2-3-7-18(17)13-22)21-25(23,24)14-16-5-4-8-19(20)11-16/h2-8,11,15,21H,9-10,12-14H2,1H3/t15-/m1/s1. The van der Waals surface area contributed by atoms with Crippen molar-refractivity contribution in [2.45, 2.75) is 31.7 Å². The summed E-state index contributed by atoms with van der Waals surface area (Å²) in [6.45, 7) is 4.44. The Hall–Kier alpha value is -1.40. The maximum Gasteiger partial charge on any atom is 0.216 e. The van der Waals surface area contributed by atoms with Gasteiger partial charge in [-0.3, -0.25) is 4.90 Å². The average Bonchev–Trinajstić information content (AvgIpc) is 2.53. The fourth-order valence-corrected chi connectivity index (χ4v) is 4.93. The van der Waals surface area contributed by atoms with E-state index in [0.717, 1.165) is 19.5 Å². The highest BCUT2D eigenvalue weighted by Crippen LogP contribution is 2.19. The highest BCUT2D eigenvalue weighted by Gasteiger charge is 2.21. The number of nitrogens with zero attached hydrogens (tertiary/aromatic N) is 1. The number of halogens is 1. The fraction of sp³-hybridized carbons (Fsp3) is 0.368. The molecule has 1 heterocycles. The molecular formula is C19H23ClN2O2S. The van der Waals surface area contributed by atoms with Gasteiger partial charge in [0, 0.05) is 30.7 Å². The molecule has 0 aliphatic carbocycles. The zero-order chi connectivity index (χ0) is 17.9. The van der Waals surface area contributed by atoms with Gasteiger partial charge >= 0.3 is 0 Å². The van der Waals surface area contributed by atoms with Crippen LogP contribution in [0.25, 0.3) is 0 Å². The van der Waals surface area contributed by atoms with Gasteiger partial charge < -0.3 is 0 Å². The van der Waals surface area contributed by atoms with Crippen LogP contribution >= 0.6 is 11.6 Å². The lowest BCUT2D eigenvalue weighted by Gasteiger charge is -2.31. The largest absolute Gasteiger partial charge is 0.297 e. The van der Waals surface area contributed by atoms with Gasteiger partial charge in [0.05, 0.1) is 5.75 Å². The molecule has 134 valence electrons. The first kappa shape index (κ1) is 18.4. The van der Waals surface area contributed by atoms with E-state index >= 15 is 0 Å². The quantitative estimate of drug-likeness (QED) is 0.839. The Balaban J connectivity index is 1.56. The lowest BCUT2D eigenvalue weighted by Crippen LogP contribution is -2.43. The SMILES string of the molecule is C[C@H](CN1CCc2ccccc2C1)NS(=O)(=O)Cc1cccc(Cl)c1. The second-order valence-corrected chi connectivity index (χ2v) is 8.85. The molecule has 0 aromatic heterocycles. The number of hydrogen-bond acceptors (Lipinski definition) is 3. The molecule has 0 saturated carbocycles. The second-order valence-electron chi connectivity index (χ2n) is 6.66. The minimum absolute atomic E-state index is 0.0548. The molecule has 2 aromatic rings. The molecule has 0 fully saturated rings. The van der Waals surface area contributed by atoms with Crippen LogP contribution < -0.4 is 4.72 Å². The van der Waals surface area contributed by atoms with Crippen molar-refractivity contribution in [3.05, 3.63) is 70.2 Å². The maximum absolute atomic E-state index is 12.4. The van der Waals surface area contributed by atoms with Crippen LogP contribution in [-0.2, 0) is 28.7 Å². The zero-order valence-electron chi connectivity index (χ0n) is 14.3. The first-order valence-electron chi connectivity index (χ1n) is 8.45. The van der Waals surface area contributed by atoms with Crippen LogP contribution in [0.1, 0.15) is 23.6 Å². The molecule has 6 heteroatoms. The monoisotopic (exact) mass is 378 g/mol. The Morgan fingerprint density at radius 2 is 1.92 bits per heavy atom. The molecule has 0 bridgehead atoms. The summed E-state index contributed by atoms with van der Waals surface area (Å²) in [6, 6.07) is 15.3. The van der Waals surface area contributed by atoms with Crippen molar-refractivity contribution in [3.63, 3.8) is 0 Å². The van der Waals surface area contributed by atoms with Crippen molar-refractivity contribution in [2.75, 3.05) is 13.1 Å². The smallest absolute Gasteiger partial charge is 0.216 e. The summed E-state index contributed by atoms with van der Waals surface area (Å²) in [5.41, 5.74) is 3.43. The van der Waals surface area contributed by atoms with Crippen molar-refractivity contribution < 1.29 is 8.42 Å². The molecule has 1 atom stereocenters. The van der Waals surface area contributed by atoms with Gasteiger partial charge in [0.25, 0.3) is 0 Å². The summed E-state index contributed by atoms with van der Waals surface area (Å²) in [4.78, 5) is 2.30. The van der Waals surface area contributed by atoms with Gasteiger partial charge in [-0.25, -0.2) is 13.1 Å². The van der Waals surface area contributed by atoms with E-state index in [1.807, 2.05) is 6.92 Å². The lowest BCUT2D eigenvalue weighted by molar-refractivity contribution is 0.237. The van der Waals surface area contributed by atoms with Crippen LogP contribution in [0.5, 0.6) is 0 Å². The molecule has 0 amide bonds. The van der Waals surface area contributed by atoms with Crippen molar-refractivity contribution >= 4 is 21.6 Å². The predicted octanol–water partition coefficient (Wildman–Crippen LogP) is 3.21. The summed E-state index contributed by atoms with van der Waals surface area (Å²) in [7, 11) is -3.40. The van der Waals surface area contributed by atoms with Crippen molar-refractivity contribution in [2.24, 2.45) is 0 Å². The predicted molar refractivity (Wildman–Crippen MR) is 102 cm³/mol. The number of benzene rings is 2. The van der Waals surface area contributed by atoms with Gasteiger partial charge in [-0.2, -0.15) is 0 Å². The summed E-state index contributed by atoms with van der Waals surface area (Å²) >= 11 is 5.93. The molecular weight excluding hydrogens is 356 g/mol. The van der Waals surface area contributed by atoms with E-state index in [9.17, 15) is 8.42 Å². The van der Waals surface area contributed by atoms with E-state index in [4.69, 9.17) is 11.6 Å². The van der Waals surface area contributed by atoms with Crippen LogP contribution in [0, 0.1) is 0 Å². The van der Waals surface area contributed by atoms with Crippen LogP contribution in [0.3, 0.4) is 0 Å². The minimum atomic E-state index is -3.40. The van der Waals surface area contributed by atoms with E-state index in [1.54, 1.807) is 24.3 Å². The molecule has 3 rings (SSSR count). The molecule has 2 aromatic carbocycles. The Morgan fingerprint density at radius 1 is 1.16 bits per heavy atom. The molecule has 0 spiro atoms. The van der Waals surface area contributed by atoms with Gasteiger partial charge in [-0.1, -0.05) is 48.0 Å². The third-order valence-electron chi connectivity index (χ3n) is 4.37. The third-order valence-corrected chi connectivity index (χ3v) is 6.08. The van der Waals surface area contributed by atoms with E-state index in [0.29, 0.717) is 17.1 Å². The Morgan fingerprint density at radius 3 is 2.68 bits per heavy atom. The molecule has 25 heavy (non-hydrogen) atoms.